The lowest BCUT2D eigenvalue weighted by molar-refractivity contribution is 0.954. The first-order chi connectivity index (χ1) is 33.7. The van der Waals surface area contributed by atoms with Crippen LogP contribution in [0.5, 0.6) is 0 Å². The van der Waals surface area contributed by atoms with Crippen molar-refractivity contribution in [3.63, 3.8) is 0 Å². The first-order valence-corrected chi connectivity index (χ1v) is 22.7. The lowest BCUT2D eigenvalue weighted by atomic mass is 10.0. The van der Waals surface area contributed by atoms with E-state index < -0.39 is 0 Å². The lowest BCUT2D eigenvalue weighted by Crippen LogP contribution is -2.06. The minimum atomic E-state index is 0.531. The number of fused-ring (bicyclic) bond motifs is 6. The third-order valence-corrected chi connectivity index (χ3v) is 12.8. The van der Waals surface area contributed by atoms with E-state index in [1.165, 1.54) is 16.5 Å². The molecule has 0 bridgehead atoms. The molecule has 0 fully saturated rings. The molecule has 0 N–H and O–H groups in total. The highest BCUT2D eigenvalue weighted by Crippen LogP contribution is 2.40. The van der Waals surface area contributed by atoms with E-state index in [1.807, 2.05) is 84.9 Å². The summed E-state index contributed by atoms with van der Waals surface area (Å²) in [4.78, 5) is 26.0. The number of rotatable bonds is 8. The highest BCUT2D eigenvalue weighted by molar-refractivity contribution is 6.19. The summed E-state index contributed by atoms with van der Waals surface area (Å²) in [5.41, 5.74) is 14.0. The zero-order valence-corrected chi connectivity index (χ0v) is 36.6. The number of nitrogens with zero attached hydrogens (tertiary/aromatic N) is 7. The molecule has 318 valence electrons. The van der Waals surface area contributed by atoms with Gasteiger partial charge in [-0.05, 0) is 59.7 Å². The quantitative estimate of drug-likeness (QED) is 0.152. The Labute approximate surface area is 392 Å². The molecule has 0 aliphatic heterocycles. The second-order valence-electron chi connectivity index (χ2n) is 16.9. The van der Waals surface area contributed by atoms with E-state index in [-0.39, 0.29) is 0 Å². The first-order valence-electron chi connectivity index (χ1n) is 22.7. The zero-order chi connectivity index (χ0) is 45.0. The summed E-state index contributed by atoms with van der Waals surface area (Å²) in [6.07, 6.45) is 0. The Morgan fingerprint density at radius 3 is 1.31 bits per heavy atom. The number of para-hydroxylation sites is 2. The average molecular weight is 870 g/mol. The number of hydrogen-bond donors (Lipinski definition) is 0. The lowest BCUT2D eigenvalue weighted by Gasteiger charge is -2.12. The van der Waals surface area contributed by atoms with Gasteiger partial charge in [0.05, 0.1) is 33.5 Å². The number of benzene rings is 9. The van der Waals surface area contributed by atoms with E-state index in [2.05, 4.69) is 161 Å². The van der Waals surface area contributed by atoms with Crippen LogP contribution in [-0.4, -0.2) is 34.1 Å². The molecule has 13 rings (SSSR count). The molecular weight excluding hydrogens is 831 g/mol. The predicted octanol–water partition coefficient (Wildman–Crippen LogP) is 14.9. The minimum absolute atomic E-state index is 0.531. The Hall–Kier alpha value is -9.33. The van der Waals surface area contributed by atoms with Crippen LogP contribution in [0.25, 0.3) is 123 Å². The van der Waals surface area contributed by atoms with Crippen molar-refractivity contribution in [2.45, 2.75) is 0 Å². The van der Waals surface area contributed by atoms with Crippen LogP contribution in [0.4, 0.5) is 0 Å². The molecule has 0 radical (unpaired) electrons. The van der Waals surface area contributed by atoms with Crippen molar-refractivity contribution in [2.75, 3.05) is 0 Å². The maximum Gasteiger partial charge on any atom is 0.238 e. The Morgan fingerprint density at radius 1 is 0.235 bits per heavy atom. The number of hydrogen-bond acceptors (Lipinski definition) is 5. The molecule has 0 aliphatic rings. The zero-order valence-electron chi connectivity index (χ0n) is 36.6. The van der Waals surface area contributed by atoms with Gasteiger partial charge in [-0.3, -0.25) is 4.57 Å². The molecular formula is C61H39N7. The molecule has 13 aromatic rings. The van der Waals surface area contributed by atoms with Crippen LogP contribution in [0, 0.1) is 0 Å². The van der Waals surface area contributed by atoms with Crippen LogP contribution in [0.1, 0.15) is 0 Å². The van der Waals surface area contributed by atoms with E-state index in [0.29, 0.717) is 23.4 Å². The molecule has 0 amide bonds. The van der Waals surface area contributed by atoms with Crippen molar-refractivity contribution < 1.29 is 0 Å². The van der Waals surface area contributed by atoms with Gasteiger partial charge in [0.2, 0.25) is 5.95 Å². The molecule has 0 atom stereocenters. The Balaban J connectivity index is 1.01. The molecule has 0 saturated heterocycles. The Morgan fingerprint density at radius 2 is 0.676 bits per heavy atom. The van der Waals surface area contributed by atoms with E-state index in [9.17, 15) is 0 Å². The van der Waals surface area contributed by atoms with Gasteiger partial charge in [0, 0.05) is 55.0 Å². The topological polar surface area (TPSA) is 74.3 Å². The maximum atomic E-state index is 5.37. The van der Waals surface area contributed by atoms with E-state index in [4.69, 9.17) is 24.9 Å². The van der Waals surface area contributed by atoms with Crippen LogP contribution in [0.15, 0.2) is 237 Å². The normalized spacial score (nSPS) is 11.5. The highest BCUT2D eigenvalue weighted by atomic mass is 15.2. The summed E-state index contributed by atoms with van der Waals surface area (Å²) in [6, 6.07) is 82.2. The molecule has 7 nitrogen and oxygen atoms in total. The summed E-state index contributed by atoms with van der Waals surface area (Å²) in [5.74, 6) is 2.32. The molecule has 68 heavy (non-hydrogen) atoms. The van der Waals surface area contributed by atoms with Gasteiger partial charge in [-0.25, -0.2) is 15.0 Å². The smallest absolute Gasteiger partial charge is 0.238 e. The van der Waals surface area contributed by atoms with Gasteiger partial charge in [-0.15, -0.1) is 0 Å². The van der Waals surface area contributed by atoms with Gasteiger partial charge >= 0.3 is 0 Å². The third-order valence-electron chi connectivity index (χ3n) is 12.8. The van der Waals surface area contributed by atoms with Crippen LogP contribution in [-0.2, 0) is 0 Å². The molecule has 4 heterocycles. The van der Waals surface area contributed by atoms with Crippen LogP contribution in [0.3, 0.4) is 0 Å². The van der Waals surface area contributed by atoms with Crippen molar-refractivity contribution in [1.82, 2.24) is 34.1 Å². The summed E-state index contributed by atoms with van der Waals surface area (Å²) >= 11 is 0. The number of aromatic nitrogens is 7. The monoisotopic (exact) mass is 869 g/mol. The van der Waals surface area contributed by atoms with Gasteiger partial charge in [0.25, 0.3) is 0 Å². The molecule has 0 unspecified atom stereocenters. The summed E-state index contributed by atoms with van der Waals surface area (Å²) < 4.78 is 4.60. The summed E-state index contributed by atoms with van der Waals surface area (Å²) in [5, 5.41) is 4.52. The Kier molecular flexibility index (Phi) is 9.35. The summed E-state index contributed by atoms with van der Waals surface area (Å²) in [7, 11) is 0. The molecule has 4 aromatic heterocycles. The third kappa shape index (κ3) is 6.80. The average Bonchev–Trinajstić information content (AvgIpc) is 3.93. The highest BCUT2D eigenvalue weighted by Gasteiger charge is 2.22. The van der Waals surface area contributed by atoms with Gasteiger partial charge in [-0.1, -0.05) is 188 Å². The molecule has 0 saturated carbocycles. The van der Waals surface area contributed by atoms with E-state index in [0.717, 1.165) is 83.1 Å². The Bertz CT molecular complexity index is 3950. The maximum absolute atomic E-state index is 5.37. The van der Waals surface area contributed by atoms with Gasteiger partial charge in [0.15, 0.2) is 17.5 Å². The largest absolute Gasteiger partial charge is 0.309 e. The van der Waals surface area contributed by atoms with Crippen LogP contribution < -0.4 is 0 Å². The minimum Gasteiger partial charge on any atom is -0.309 e. The fraction of sp³-hybridized carbons (Fsp3) is 0. The van der Waals surface area contributed by atoms with Gasteiger partial charge in [-0.2, -0.15) is 9.97 Å². The fourth-order valence-electron chi connectivity index (χ4n) is 9.58. The second kappa shape index (κ2) is 16.3. The van der Waals surface area contributed by atoms with Crippen molar-refractivity contribution in [1.29, 1.82) is 0 Å². The van der Waals surface area contributed by atoms with Crippen molar-refractivity contribution >= 4 is 43.6 Å². The molecule has 0 spiro atoms. The van der Waals surface area contributed by atoms with E-state index >= 15 is 0 Å². The molecule has 7 heteroatoms. The van der Waals surface area contributed by atoms with E-state index in [1.54, 1.807) is 0 Å². The summed E-state index contributed by atoms with van der Waals surface area (Å²) in [6.45, 7) is 0. The molecule has 9 aromatic carbocycles. The standard InChI is InChI=1S/C61H39N7/c1-5-19-40(20-6-1)44-27-18-30-47(36-44)67-54-33-15-13-31-48(54)50-38-57-51(37-56(50)67)49-32-14-16-34-55(49)68(57)61-65-59(43-25-11-4-12-26-43)64-60(66-61)46-29-17-28-45(35-46)53-39-52(41-21-7-2-8-22-41)62-58(63-53)42-23-9-3-10-24-42/h1-39H. The van der Waals surface area contributed by atoms with Crippen molar-refractivity contribution in [3.8, 4) is 79.4 Å². The predicted molar refractivity (Wildman–Crippen MR) is 277 cm³/mol. The van der Waals surface area contributed by atoms with Crippen molar-refractivity contribution in [3.05, 3.63) is 237 Å². The van der Waals surface area contributed by atoms with Crippen molar-refractivity contribution in [2.24, 2.45) is 0 Å². The SMILES string of the molecule is c1ccc(-c2cccc(-n3c4ccccc4c4cc5c(cc43)c3ccccc3n5-c3nc(-c4ccccc4)nc(-c4cccc(-c5cc(-c6ccccc6)nc(-c6ccccc6)n5)c4)n3)c2)cc1. The molecule has 0 aliphatic carbocycles. The van der Waals surface area contributed by atoms with Crippen LogP contribution in [0.2, 0.25) is 0 Å². The van der Waals surface area contributed by atoms with Gasteiger partial charge < -0.3 is 4.57 Å². The van der Waals surface area contributed by atoms with Crippen LogP contribution >= 0.6 is 0 Å². The fourth-order valence-corrected chi connectivity index (χ4v) is 9.58. The second-order valence-corrected chi connectivity index (χ2v) is 16.9. The first kappa shape index (κ1) is 39.1. The van der Waals surface area contributed by atoms with Gasteiger partial charge in [0.1, 0.15) is 0 Å².